The highest BCUT2D eigenvalue weighted by Crippen LogP contribution is 2.31. The van der Waals surface area contributed by atoms with Crippen molar-refractivity contribution in [3.05, 3.63) is 70.2 Å². The fourth-order valence-corrected chi connectivity index (χ4v) is 4.89. The highest BCUT2D eigenvalue weighted by atomic mass is 32.2. The summed E-state index contributed by atoms with van der Waals surface area (Å²) in [5.74, 6) is 2.08. The van der Waals surface area contributed by atoms with Crippen LogP contribution in [0, 0.1) is 6.92 Å². The van der Waals surface area contributed by atoms with E-state index >= 15 is 0 Å². The molecule has 4 aromatic rings. The monoisotopic (exact) mass is 465 g/mol. The van der Waals surface area contributed by atoms with Crippen molar-refractivity contribution in [3.8, 4) is 17.1 Å². The summed E-state index contributed by atoms with van der Waals surface area (Å²) < 4.78 is 7.39. The fourth-order valence-electron chi connectivity index (χ4n) is 3.18. The van der Waals surface area contributed by atoms with Crippen molar-refractivity contribution in [2.75, 3.05) is 12.4 Å². The van der Waals surface area contributed by atoms with Crippen molar-refractivity contribution in [1.29, 1.82) is 0 Å². The minimum Gasteiger partial charge on any atom is -0.496 e. The number of anilines is 1. The molecule has 0 aliphatic carbocycles. The molecule has 7 nitrogen and oxygen atoms in total. The fraction of sp³-hybridized carbons (Fsp3) is 0.217. The molecular formula is C23H23N5O2S2. The van der Waals surface area contributed by atoms with Gasteiger partial charge in [0.05, 0.1) is 24.8 Å². The summed E-state index contributed by atoms with van der Waals surface area (Å²) in [6.07, 6.45) is 0.256. The third kappa shape index (κ3) is 5.00. The van der Waals surface area contributed by atoms with Crippen molar-refractivity contribution in [2.45, 2.75) is 24.3 Å². The molecule has 9 heteroatoms. The van der Waals surface area contributed by atoms with Gasteiger partial charge in [-0.25, -0.2) is 4.98 Å². The second kappa shape index (κ2) is 9.97. The molecule has 1 N–H and O–H groups in total. The highest BCUT2D eigenvalue weighted by Gasteiger charge is 2.16. The van der Waals surface area contributed by atoms with Gasteiger partial charge in [-0.15, -0.1) is 21.5 Å². The Labute approximate surface area is 194 Å². The number of aromatic nitrogens is 4. The van der Waals surface area contributed by atoms with Crippen LogP contribution in [0.25, 0.3) is 11.4 Å². The number of para-hydroxylation sites is 2. The summed E-state index contributed by atoms with van der Waals surface area (Å²) >= 11 is 3.05. The zero-order chi connectivity index (χ0) is 22.5. The highest BCUT2D eigenvalue weighted by molar-refractivity contribution is 7.98. The van der Waals surface area contributed by atoms with Gasteiger partial charge in [0.2, 0.25) is 5.91 Å². The van der Waals surface area contributed by atoms with E-state index in [0.717, 1.165) is 44.2 Å². The van der Waals surface area contributed by atoms with Gasteiger partial charge < -0.3 is 14.6 Å². The predicted octanol–water partition coefficient (Wildman–Crippen LogP) is 4.73. The summed E-state index contributed by atoms with van der Waals surface area (Å²) in [5, 5.41) is 15.2. The van der Waals surface area contributed by atoms with E-state index in [1.807, 2.05) is 72.4 Å². The number of carbonyl (C=O) groups is 1. The van der Waals surface area contributed by atoms with E-state index < -0.39 is 0 Å². The Morgan fingerprint density at radius 1 is 1.16 bits per heavy atom. The molecule has 1 amide bonds. The van der Waals surface area contributed by atoms with Gasteiger partial charge in [-0.2, -0.15) is 0 Å². The van der Waals surface area contributed by atoms with Crippen LogP contribution in [0.2, 0.25) is 0 Å². The van der Waals surface area contributed by atoms with Crippen LogP contribution < -0.4 is 10.1 Å². The number of benzene rings is 2. The van der Waals surface area contributed by atoms with Gasteiger partial charge in [0.15, 0.2) is 11.0 Å². The molecule has 0 aliphatic rings. The van der Waals surface area contributed by atoms with E-state index in [1.54, 1.807) is 18.9 Å². The van der Waals surface area contributed by atoms with Crippen LogP contribution in [0.4, 0.5) is 5.69 Å². The molecule has 0 saturated carbocycles. The zero-order valence-corrected chi connectivity index (χ0v) is 19.7. The number of nitrogens with zero attached hydrogens (tertiary/aromatic N) is 4. The Kier molecular flexibility index (Phi) is 6.87. The average Bonchev–Trinajstić information content (AvgIpc) is 3.39. The van der Waals surface area contributed by atoms with Gasteiger partial charge in [-0.3, -0.25) is 4.79 Å². The number of ether oxygens (including phenoxy) is 1. The third-order valence-electron chi connectivity index (χ3n) is 4.86. The van der Waals surface area contributed by atoms with E-state index in [9.17, 15) is 4.79 Å². The molecule has 2 aromatic carbocycles. The Morgan fingerprint density at radius 3 is 2.75 bits per heavy atom. The molecule has 0 radical (unpaired) electrons. The number of carbonyl (C=O) groups excluding carboxylic acids is 1. The molecule has 0 atom stereocenters. The van der Waals surface area contributed by atoms with Crippen LogP contribution >= 0.6 is 23.1 Å². The molecule has 0 saturated heterocycles. The van der Waals surface area contributed by atoms with Gasteiger partial charge in [0.1, 0.15) is 10.8 Å². The summed E-state index contributed by atoms with van der Waals surface area (Å²) in [4.78, 5) is 17.0. The van der Waals surface area contributed by atoms with Gasteiger partial charge in [-0.1, -0.05) is 42.1 Å². The number of rotatable bonds is 8. The summed E-state index contributed by atoms with van der Waals surface area (Å²) in [7, 11) is 3.58. The second-order valence-corrected chi connectivity index (χ2v) is 9.01. The molecule has 4 rings (SSSR count). The number of aryl methyl sites for hydroxylation is 1. The standard InChI is InChI=1S/C23H23N5O2S2/c1-15-8-4-6-10-18(15)25-20(29)12-21-24-16(13-31-21)14-32-23-27-26-22(28(23)2)17-9-5-7-11-19(17)30-3/h4-11,13H,12,14H2,1-3H3,(H,25,29). The molecule has 0 unspecified atom stereocenters. The second-order valence-electron chi connectivity index (χ2n) is 7.13. The molecule has 32 heavy (non-hydrogen) atoms. The topological polar surface area (TPSA) is 81.9 Å². The number of hydrogen-bond donors (Lipinski definition) is 1. The maximum absolute atomic E-state index is 12.4. The smallest absolute Gasteiger partial charge is 0.231 e. The molecule has 0 fully saturated rings. The maximum atomic E-state index is 12.4. The number of amides is 1. The van der Waals surface area contributed by atoms with Crippen LogP contribution in [0.15, 0.2) is 59.1 Å². The van der Waals surface area contributed by atoms with Gasteiger partial charge in [0.25, 0.3) is 0 Å². The van der Waals surface area contributed by atoms with E-state index in [2.05, 4.69) is 20.5 Å². The van der Waals surface area contributed by atoms with E-state index in [1.165, 1.54) is 11.3 Å². The van der Waals surface area contributed by atoms with Gasteiger partial charge in [0, 0.05) is 23.9 Å². The van der Waals surface area contributed by atoms with Gasteiger partial charge in [-0.05, 0) is 30.7 Å². The lowest BCUT2D eigenvalue weighted by molar-refractivity contribution is -0.115. The molecular weight excluding hydrogens is 442 g/mol. The third-order valence-corrected chi connectivity index (χ3v) is 6.81. The van der Waals surface area contributed by atoms with E-state index in [4.69, 9.17) is 4.74 Å². The SMILES string of the molecule is COc1ccccc1-c1nnc(SCc2csc(CC(=O)Nc3ccccc3C)n2)n1C. The van der Waals surface area contributed by atoms with E-state index in [0.29, 0.717) is 5.75 Å². The van der Waals surface area contributed by atoms with Crippen molar-refractivity contribution < 1.29 is 9.53 Å². The Morgan fingerprint density at radius 2 is 1.94 bits per heavy atom. The normalized spacial score (nSPS) is 10.8. The van der Waals surface area contributed by atoms with Crippen LogP contribution in [-0.4, -0.2) is 32.8 Å². The molecule has 0 bridgehead atoms. The molecule has 0 aliphatic heterocycles. The quantitative estimate of drug-likeness (QED) is 0.379. The summed E-state index contributed by atoms with van der Waals surface area (Å²) in [5.41, 5.74) is 3.68. The molecule has 0 spiro atoms. The maximum Gasteiger partial charge on any atom is 0.231 e. The van der Waals surface area contributed by atoms with Gasteiger partial charge >= 0.3 is 0 Å². The first-order valence-electron chi connectivity index (χ1n) is 9.99. The molecule has 164 valence electrons. The minimum absolute atomic E-state index is 0.0670. The van der Waals surface area contributed by atoms with Crippen molar-refractivity contribution in [3.63, 3.8) is 0 Å². The Bertz CT molecular complexity index is 1230. The number of thiazole rings is 1. The lowest BCUT2D eigenvalue weighted by Crippen LogP contribution is -2.15. The number of hydrogen-bond acceptors (Lipinski definition) is 7. The van der Waals surface area contributed by atoms with E-state index in [-0.39, 0.29) is 12.3 Å². The Balaban J connectivity index is 1.37. The number of nitrogens with one attached hydrogen (secondary N) is 1. The first-order chi connectivity index (χ1) is 15.5. The minimum atomic E-state index is -0.0670. The lowest BCUT2D eigenvalue weighted by atomic mass is 10.2. The number of methoxy groups -OCH3 is 1. The van der Waals surface area contributed by atoms with Crippen LogP contribution in [0.3, 0.4) is 0 Å². The summed E-state index contributed by atoms with van der Waals surface area (Å²) in [6, 6.07) is 15.5. The zero-order valence-electron chi connectivity index (χ0n) is 18.0. The van der Waals surface area contributed by atoms with Crippen LogP contribution in [0.5, 0.6) is 5.75 Å². The van der Waals surface area contributed by atoms with Crippen LogP contribution in [-0.2, 0) is 24.0 Å². The van der Waals surface area contributed by atoms with Crippen molar-refractivity contribution >= 4 is 34.7 Å². The molecule has 2 aromatic heterocycles. The first-order valence-corrected chi connectivity index (χ1v) is 11.9. The lowest BCUT2D eigenvalue weighted by Gasteiger charge is -2.07. The Hall–Kier alpha value is -3.17. The largest absolute Gasteiger partial charge is 0.496 e. The predicted molar refractivity (Wildman–Crippen MR) is 128 cm³/mol. The average molecular weight is 466 g/mol. The number of thioether (sulfide) groups is 1. The summed E-state index contributed by atoms with van der Waals surface area (Å²) in [6.45, 7) is 1.97. The van der Waals surface area contributed by atoms with Crippen molar-refractivity contribution in [1.82, 2.24) is 19.7 Å². The van der Waals surface area contributed by atoms with Crippen molar-refractivity contribution in [2.24, 2.45) is 7.05 Å². The first kappa shape index (κ1) is 22.0. The van der Waals surface area contributed by atoms with Crippen LogP contribution in [0.1, 0.15) is 16.3 Å². The molecule has 2 heterocycles.